The molecule has 5 N–H and O–H groups in total. The first-order chi connectivity index (χ1) is 17.6. The summed E-state index contributed by atoms with van der Waals surface area (Å²) in [5.41, 5.74) is 4.44. The Bertz CT molecular complexity index is 1330. The van der Waals surface area contributed by atoms with Gasteiger partial charge in [0.15, 0.2) is 11.5 Å². The van der Waals surface area contributed by atoms with Crippen molar-refractivity contribution in [3.8, 4) is 5.75 Å². The van der Waals surface area contributed by atoms with Gasteiger partial charge < -0.3 is 24.9 Å². The van der Waals surface area contributed by atoms with E-state index in [2.05, 4.69) is 25.1 Å². The molecule has 0 radical (unpaired) electrons. The van der Waals surface area contributed by atoms with Crippen LogP contribution in [0, 0.1) is 0 Å². The van der Waals surface area contributed by atoms with Crippen molar-refractivity contribution in [3.05, 3.63) is 42.5 Å². The Balaban J connectivity index is 1.87. The third-order valence-electron chi connectivity index (χ3n) is 5.51. The van der Waals surface area contributed by atoms with E-state index in [9.17, 15) is 27.6 Å². The lowest BCUT2D eigenvalue weighted by Crippen LogP contribution is -2.49. The van der Waals surface area contributed by atoms with Crippen LogP contribution in [0.3, 0.4) is 0 Å². The molecule has 2 heterocycles. The van der Waals surface area contributed by atoms with E-state index >= 15 is 0 Å². The Morgan fingerprint density at radius 3 is 2.61 bits per heavy atom. The predicted octanol–water partition coefficient (Wildman–Crippen LogP) is 3.32. The number of nitrogens with two attached hydrogens (primary N) is 1. The summed E-state index contributed by atoms with van der Waals surface area (Å²) in [5, 5.41) is 14.0. The summed E-state index contributed by atoms with van der Waals surface area (Å²) in [6.07, 6.45) is -3.65. The van der Waals surface area contributed by atoms with Gasteiger partial charge in [0.2, 0.25) is 7.44 Å². The van der Waals surface area contributed by atoms with E-state index in [1.165, 1.54) is 51.8 Å². The molecule has 16 heteroatoms. The van der Waals surface area contributed by atoms with Gasteiger partial charge in [0.25, 0.3) is 0 Å². The third-order valence-corrected chi connectivity index (χ3v) is 7.62. The Labute approximate surface area is 216 Å². The van der Waals surface area contributed by atoms with Crippen LogP contribution in [0.4, 0.5) is 19.0 Å². The number of rotatable bonds is 12. The average Bonchev–Trinajstić information content (AvgIpc) is 3.24. The van der Waals surface area contributed by atoms with E-state index in [4.69, 9.17) is 15.2 Å². The van der Waals surface area contributed by atoms with Gasteiger partial charge in [-0.05, 0) is 38.5 Å². The van der Waals surface area contributed by atoms with Gasteiger partial charge in [-0.25, -0.2) is 25.1 Å². The van der Waals surface area contributed by atoms with Crippen molar-refractivity contribution in [1.82, 2.24) is 29.7 Å². The van der Waals surface area contributed by atoms with Crippen molar-refractivity contribution in [2.75, 3.05) is 19.2 Å². The molecule has 3 aromatic rings. The van der Waals surface area contributed by atoms with Crippen LogP contribution in [0.5, 0.6) is 5.75 Å². The van der Waals surface area contributed by atoms with Crippen molar-refractivity contribution in [2.24, 2.45) is 0 Å². The summed E-state index contributed by atoms with van der Waals surface area (Å²) in [6, 6.07) is 2.75. The van der Waals surface area contributed by atoms with Crippen LogP contribution in [0.2, 0.25) is 0 Å². The first-order valence-electron chi connectivity index (χ1n) is 11.3. The number of carbonyl (C=O) groups is 1. The Kier molecular flexibility index (Phi) is 8.66. The maximum Gasteiger partial charge on any atom is 0.408 e. The lowest BCUT2D eigenvalue weighted by atomic mass is 10.1. The van der Waals surface area contributed by atoms with E-state index in [1.807, 2.05) is 0 Å². The summed E-state index contributed by atoms with van der Waals surface area (Å²) < 4.78 is 68.6. The van der Waals surface area contributed by atoms with Gasteiger partial charge in [-0.1, -0.05) is 12.1 Å². The zero-order valence-corrected chi connectivity index (χ0v) is 22.0. The Morgan fingerprint density at radius 1 is 1.26 bits per heavy atom. The van der Waals surface area contributed by atoms with Crippen molar-refractivity contribution in [2.45, 2.75) is 51.2 Å². The molecule has 3 rings (SSSR count). The number of alkyl halides is 3. The molecule has 1 unspecified atom stereocenters. The zero-order valence-electron chi connectivity index (χ0n) is 21.1. The van der Waals surface area contributed by atoms with E-state index in [-0.39, 0.29) is 23.7 Å². The number of imidazole rings is 1. The predicted molar refractivity (Wildman–Crippen MR) is 133 cm³/mol. The number of carboxylic acids is 1. The molecule has 0 fully saturated rings. The zero-order chi connectivity index (χ0) is 28.3. The van der Waals surface area contributed by atoms with Gasteiger partial charge in [0.1, 0.15) is 35.5 Å². The number of anilines is 1. The maximum atomic E-state index is 14.2. The molecule has 0 aliphatic heterocycles. The number of hydrogen-bond donors (Lipinski definition) is 4. The van der Waals surface area contributed by atoms with Crippen LogP contribution in [0.25, 0.3) is 11.2 Å². The largest absolute Gasteiger partial charge is 0.497 e. The molecule has 0 aliphatic carbocycles. The van der Waals surface area contributed by atoms with Crippen LogP contribution < -0.4 is 20.6 Å². The molecule has 12 nitrogen and oxygen atoms in total. The number of aliphatic carboxylic acids is 1. The lowest BCUT2D eigenvalue weighted by Gasteiger charge is -2.33. The molecule has 2 aromatic heterocycles. The molecule has 0 bridgehead atoms. The van der Waals surface area contributed by atoms with E-state index in [0.29, 0.717) is 11.2 Å². The van der Waals surface area contributed by atoms with Crippen LogP contribution in [-0.4, -0.2) is 61.9 Å². The highest BCUT2D eigenvalue weighted by molar-refractivity contribution is 7.59. The highest BCUT2D eigenvalue weighted by Gasteiger charge is 2.47. The van der Waals surface area contributed by atoms with Crippen molar-refractivity contribution >= 4 is 30.4 Å². The van der Waals surface area contributed by atoms with Crippen LogP contribution in [-0.2, 0) is 20.6 Å². The molecular weight excluding hydrogens is 530 g/mol. The number of hydrogen-bond acceptors (Lipinski definition) is 8. The van der Waals surface area contributed by atoms with Crippen LogP contribution >= 0.6 is 7.44 Å². The number of ether oxygens (including phenoxy) is 2. The number of nitrogens with zero attached hydrogens (tertiary/aromatic N) is 4. The maximum absolute atomic E-state index is 14.2. The van der Waals surface area contributed by atoms with Crippen molar-refractivity contribution in [1.29, 1.82) is 0 Å². The number of halogens is 3. The molecule has 208 valence electrons. The fourth-order valence-electron chi connectivity index (χ4n) is 3.56. The molecule has 0 spiro atoms. The summed E-state index contributed by atoms with van der Waals surface area (Å²) in [7, 11) is -3.07. The molecule has 3 atom stereocenters. The van der Waals surface area contributed by atoms with Crippen molar-refractivity contribution in [3.63, 3.8) is 0 Å². The second-order valence-electron chi connectivity index (χ2n) is 9.10. The molecule has 1 aromatic carbocycles. The van der Waals surface area contributed by atoms with Crippen LogP contribution in [0.15, 0.2) is 36.9 Å². The summed E-state index contributed by atoms with van der Waals surface area (Å²) in [6.45, 7) is 4.10. The first-order valence-corrected chi connectivity index (χ1v) is 13.2. The van der Waals surface area contributed by atoms with E-state index in [1.54, 1.807) is 11.5 Å². The minimum absolute atomic E-state index is 0.133. The Hall–Kier alpha value is -3.26. The average molecular weight is 559 g/mol. The molecular formula is C22H29F3N7O5P. The molecule has 0 saturated carbocycles. The molecule has 0 aliphatic rings. The fraction of sp³-hybridized carbons (Fsp3) is 0.455. The SMILES string of the molecule is COc1cccc([C@@H](NP(=O)(CO[C@@H](C)Cn2cnc3c(N)ncnc32)NC(C)(C)C(=O)O)C(F)(F)F)c1. The third kappa shape index (κ3) is 6.98. The quantitative estimate of drug-likeness (QED) is 0.240. The normalized spacial score (nSPS) is 15.7. The second-order valence-corrected chi connectivity index (χ2v) is 11.3. The van der Waals surface area contributed by atoms with Gasteiger partial charge in [-0.3, -0.25) is 9.36 Å². The fourth-order valence-corrected chi connectivity index (χ4v) is 5.94. The number of fused-ring (bicyclic) bond motifs is 1. The van der Waals surface area contributed by atoms with Gasteiger partial charge in [0, 0.05) is 0 Å². The van der Waals surface area contributed by atoms with E-state index < -0.39 is 43.6 Å². The topological polar surface area (TPSA) is 167 Å². The van der Waals surface area contributed by atoms with E-state index in [0.717, 1.165) is 6.07 Å². The number of methoxy groups -OCH3 is 1. The highest BCUT2D eigenvalue weighted by Crippen LogP contribution is 2.46. The first kappa shape index (κ1) is 29.3. The molecule has 38 heavy (non-hydrogen) atoms. The van der Waals surface area contributed by atoms with Gasteiger partial charge in [0.05, 0.1) is 26.1 Å². The minimum atomic E-state index is -4.89. The Morgan fingerprint density at radius 2 is 1.97 bits per heavy atom. The number of nitrogen functional groups attached to an aromatic ring is 1. The monoisotopic (exact) mass is 559 g/mol. The van der Waals surface area contributed by atoms with Crippen molar-refractivity contribution < 1.29 is 37.1 Å². The summed E-state index contributed by atoms with van der Waals surface area (Å²) in [4.78, 5) is 23.8. The van der Waals surface area contributed by atoms with Crippen LogP contribution in [0.1, 0.15) is 32.4 Å². The smallest absolute Gasteiger partial charge is 0.408 e. The van der Waals surface area contributed by atoms with Gasteiger partial charge >= 0.3 is 12.1 Å². The lowest BCUT2D eigenvalue weighted by molar-refractivity contribution is -0.153. The molecule has 0 saturated heterocycles. The summed E-state index contributed by atoms with van der Waals surface area (Å²) >= 11 is 0. The number of carboxylic acid groups (broad SMARTS) is 1. The number of nitrogens with one attached hydrogen (secondary N) is 2. The van der Waals surface area contributed by atoms with Gasteiger partial charge in [-0.15, -0.1) is 0 Å². The molecule has 0 amide bonds. The number of benzene rings is 1. The minimum Gasteiger partial charge on any atom is -0.497 e. The number of aromatic nitrogens is 4. The summed E-state index contributed by atoms with van der Waals surface area (Å²) in [5.74, 6) is -1.08. The second kappa shape index (κ2) is 11.2. The highest BCUT2D eigenvalue weighted by atomic mass is 31.2. The van der Waals surface area contributed by atoms with Gasteiger partial charge in [-0.2, -0.15) is 13.2 Å². The standard InChI is InChI=1S/C22H29F3N7O5P/c1-13(9-32-11-29-16-18(26)27-10-28-19(16)32)37-12-38(35,31-21(2,3)20(33)34)30-17(22(23,24)25)14-6-5-7-15(8-14)36-4/h5-8,10-11,13,17H,9,12H2,1-4H3,(H,33,34)(H2,26,27,28)(H2,30,31,35)/t13-,17+,38?/m0/s1.